The zero-order chi connectivity index (χ0) is 29.6. The van der Waals surface area contributed by atoms with Gasteiger partial charge in [0.25, 0.3) is 0 Å². The lowest BCUT2D eigenvalue weighted by molar-refractivity contribution is -0.140. The van der Waals surface area contributed by atoms with Crippen LogP contribution in [0.1, 0.15) is 36.8 Å². The Morgan fingerprint density at radius 3 is 2.27 bits per heavy atom. The van der Waals surface area contributed by atoms with E-state index in [0.717, 1.165) is 46.3 Å². The molecule has 4 rings (SSSR count). The molecule has 0 aliphatic heterocycles. The Morgan fingerprint density at radius 1 is 1.00 bits per heavy atom. The number of benzene rings is 3. The van der Waals surface area contributed by atoms with E-state index >= 15 is 0 Å². The van der Waals surface area contributed by atoms with Gasteiger partial charge in [-0.3, -0.25) is 13.9 Å². The summed E-state index contributed by atoms with van der Waals surface area (Å²) in [5.74, 6) is -0.819. The molecular formula is C30H32BrCl2N3O4S. The molecule has 7 nitrogen and oxygen atoms in total. The summed E-state index contributed by atoms with van der Waals surface area (Å²) in [6, 6.07) is 20.2. The second-order valence-electron chi connectivity index (χ2n) is 10.2. The largest absolute Gasteiger partial charge is 0.352 e. The third-order valence-corrected chi connectivity index (χ3v) is 9.38. The predicted octanol–water partition coefficient (Wildman–Crippen LogP) is 6.22. The number of carbonyl (C=O) groups is 2. The summed E-state index contributed by atoms with van der Waals surface area (Å²) in [4.78, 5) is 29.5. The molecule has 3 aromatic carbocycles. The summed E-state index contributed by atoms with van der Waals surface area (Å²) in [6.07, 6.45) is 5.13. The van der Waals surface area contributed by atoms with Gasteiger partial charge in [0.05, 0.1) is 11.9 Å². The van der Waals surface area contributed by atoms with Crippen LogP contribution in [0, 0.1) is 0 Å². The fraction of sp³-hybridized carbons (Fsp3) is 0.333. The lowest BCUT2D eigenvalue weighted by atomic mass is 10.0. The monoisotopic (exact) mass is 679 g/mol. The SMILES string of the molecule is CS(=O)(=O)N(CC(=O)N(Cc1ccc(Cl)cc1Cl)[C@H](Cc1ccccc1)C(=O)NC1CCCC1)c1ccc(Br)cc1. The molecule has 1 saturated carbocycles. The molecule has 0 heterocycles. The second-order valence-corrected chi connectivity index (χ2v) is 13.9. The summed E-state index contributed by atoms with van der Waals surface area (Å²) < 4.78 is 27.6. The van der Waals surface area contributed by atoms with E-state index in [9.17, 15) is 18.0 Å². The van der Waals surface area contributed by atoms with E-state index in [1.54, 1.807) is 42.5 Å². The minimum atomic E-state index is -3.84. The summed E-state index contributed by atoms with van der Waals surface area (Å²) in [5, 5.41) is 3.93. The van der Waals surface area contributed by atoms with Gasteiger partial charge in [0, 0.05) is 33.5 Å². The molecule has 11 heteroatoms. The van der Waals surface area contributed by atoms with Crippen molar-refractivity contribution in [3.05, 3.63) is 98.4 Å². The lowest BCUT2D eigenvalue weighted by Crippen LogP contribution is -2.54. The van der Waals surface area contributed by atoms with Crippen LogP contribution in [-0.4, -0.2) is 50.0 Å². The van der Waals surface area contributed by atoms with Gasteiger partial charge in [-0.2, -0.15) is 0 Å². The van der Waals surface area contributed by atoms with Crippen LogP contribution in [0.3, 0.4) is 0 Å². The Labute approximate surface area is 260 Å². The van der Waals surface area contributed by atoms with E-state index in [4.69, 9.17) is 23.2 Å². The molecule has 1 aliphatic carbocycles. The number of carbonyl (C=O) groups excluding carboxylic acids is 2. The molecule has 0 aromatic heterocycles. The lowest BCUT2D eigenvalue weighted by Gasteiger charge is -2.34. The molecule has 1 N–H and O–H groups in total. The summed E-state index contributed by atoms with van der Waals surface area (Å²) in [6.45, 7) is -0.504. The number of nitrogens with one attached hydrogen (secondary N) is 1. The highest BCUT2D eigenvalue weighted by molar-refractivity contribution is 9.10. The first-order valence-electron chi connectivity index (χ1n) is 13.3. The van der Waals surface area contributed by atoms with E-state index in [-0.39, 0.29) is 24.9 Å². The fourth-order valence-corrected chi connectivity index (χ4v) is 6.56. The van der Waals surface area contributed by atoms with Crippen LogP contribution in [-0.2, 0) is 32.6 Å². The van der Waals surface area contributed by atoms with Gasteiger partial charge in [0.1, 0.15) is 12.6 Å². The molecule has 0 unspecified atom stereocenters. The van der Waals surface area contributed by atoms with Crippen LogP contribution in [0.15, 0.2) is 77.3 Å². The molecule has 0 saturated heterocycles. The number of amides is 2. The maximum Gasteiger partial charge on any atom is 0.244 e. The van der Waals surface area contributed by atoms with Crippen LogP contribution < -0.4 is 9.62 Å². The van der Waals surface area contributed by atoms with Gasteiger partial charge in [0.15, 0.2) is 0 Å². The standard InChI is InChI=1S/C30H32BrCl2N3O4S/c1-41(39,40)36(26-15-12-23(31)13-16-26)20-29(37)35(19-22-11-14-24(32)18-27(22)33)28(17-21-7-3-2-4-8-21)30(38)34-25-9-5-6-10-25/h2-4,7-8,11-16,18,25,28H,5-6,9-10,17,19-20H2,1H3,(H,34,38)/t28-/m1/s1. The number of hydrogen-bond donors (Lipinski definition) is 1. The Bertz CT molecular complexity index is 1470. The summed E-state index contributed by atoms with van der Waals surface area (Å²) in [5.41, 5.74) is 1.79. The van der Waals surface area contributed by atoms with Gasteiger partial charge >= 0.3 is 0 Å². The number of hydrogen-bond acceptors (Lipinski definition) is 4. The molecule has 1 aliphatic rings. The number of halogens is 3. The fourth-order valence-electron chi connectivity index (χ4n) is 4.98. The first kappa shape index (κ1) is 31.3. The summed E-state index contributed by atoms with van der Waals surface area (Å²) >= 11 is 16.0. The average Bonchev–Trinajstić information content (AvgIpc) is 3.44. The van der Waals surface area contributed by atoms with Gasteiger partial charge < -0.3 is 10.2 Å². The van der Waals surface area contributed by atoms with Crippen LogP contribution in [0.25, 0.3) is 0 Å². The van der Waals surface area contributed by atoms with Gasteiger partial charge in [0.2, 0.25) is 21.8 Å². The topological polar surface area (TPSA) is 86.8 Å². The van der Waals surface area contributed by atoms with Crippen molar-refractivity contribution >= 4 is 66.7 Å². The van der Waals surface area contributed by atoms with E-state index in [0.29, 0.717) is 21.3 Å². The highest BCUT2D eigenvalue weighted by Crippen LogP contribution is 2.26. The first-order valence-corrected chi connectivity index (χ1v) is 16.7. The number of anilines is 1. The van der Waals surface area contributed by atoms with Gasteiger partial charge in [-0.15, -0.1) is 0 Å². The Kier molecular flexibility index (Phi) is 10.7. The zero-order valence-corrected chi connectivity index (χ0v) is 26.5. The maximum atomic E-state index is 14.2. The van der Waals surface area contributed by atoms with Crippen LogP contribution in [0.5, 0.6) is 0 Å². The number of nitrogens with zero attached hydrogens (tertiary/aromatic N) is 2. The maximum absolute atomic E-state index is 14.2. The van der Waals surface area contributed by atoms with Crippen LogP contribution in [0.2, 0.25) is 10.0 Å². The molecule has 0 bridgehead atoms. The molecule has 41 heavy (non-hydrogen) atoms. The van der Waals surface area contributed by atoms with Gasteiger partial charge in [-0.25, -0.2) is 8.42 Å². The molecule has 218 valence electrons. The normalized spacial score (nSPS) is 14.4. The number of rotatable bonds is 11. The van der Waals surface area contributed by atoms with Crippen molar-refractivity contribution < 1.29 is 18.0 Å². The van der Waals surface area contributed by atoms with E-state index in [1.165, 1.54) is 4.90 Å². The predicted molar refractivity (Wildman–Crippen MR) is 168 cm³/mol. The minimum Gasteiger partial charge on any atom is -0.352 e. The van der Waals surface area contributed by atoms with Crippen molar-refractivity contribution in [2.45, 2.75) is 50.7 Å². The third kappa shape index (κ3) is 8.70. The first-order chi connectivity index (χ1) is 19.5. The Morgan fingerprint density at radius 2 is 1.66 bits per heavy atom. The van der Waals surface area contributed by atoms with E-state index < -0.39 is 28.5 Å². The molecule has 1 atom stereocenters. The zero-order valence-electron chi connectivity index (χ0n) is 22.6. The van der Waals surface area contributed by atoms with Gasteiger partial charge in [-0.05, 0) is 60.4 Å². The summed E-state index contributed by atoms with van der Waals surface area (Å²) in [7, 11) is -3.84. The Hall–Kier alpha value is -2.59. The molecular weight excluding hydrogens is 649 g/mol. The van der Waals surface area contributed by atoms with Crippen molar-refractivity contribution in [2.75, 3.05) is 17.1 Å². The third-order valence-electron chi connectivity index (χ3n) is 7.12. The van der Waals surface area contributed by atoms with Crippen molar-refractivity contribution in [2.24, 2.45) is 0 Å². The number of sulfonamides is 1. The van der Waals surface area contributed by atoms with Crippen LogP contribution in [0.4, 0.5) is 5.69 Å². The van der Waals surface area contributed by atoms with Crippen molar-refractivity contribution in [3.8, 4) is 0 Å². The van der Waals surface area contributed by atoms with E-state index in [2.05, 4.69) is 21.2 Å². The van der Waals surface area contributed by atoms with Crippen LogP contribution >= 0.6 is 39.1 Å². The average molecular weight is 681 g/mol. The second kappa shape index (κ2) is 14.1. The van der Waals surface area contributed by atoms with Crippen molar-refractivity contribution in [1.29, 1.82) is 0 Å². The molecule has 2 amide bonds. The smallest absolute Gasteiger partial charge is 0.244 e. The molecule has 0 radical (unpaired) electrons. The Balaban J connectivity index is 1.74. The van der Waals surface area contributed by atoms with E-state index in [1.807, 2.05) is 30.3 Å². The molecule has 3 aromatic rings. The van der Waals surface area contributed by atoms with Gasteiger partial charge in [-0.1, -0.05) is 88.4 Å². The highest BCUT2D eigenvalue weighted by atomic mass is 79.9. The van der Waals surface area contributed by atoms with Crippen molar-refractivity contribution in [3.63, 3.8) is 0 Å². The van der Waals surface area contributed by atoms with Crippen molar-refractivity contribution in [1.82, 2.24) is 10.2 Å². The minimum absolute atomic E-state index is 0.0115. The molecule has 1 fully saturated rings. The quantitative estimate of drug-likeness (QED) is 0.261. The highest BCUT2D eigenvalue weighted by Gasteiger charge is 2.34. The molecule has 0 spiro atoms.